The first-order valence-electron chi connectivity index (χ1n) is 7.51. The molecule has 0 bridgehead atoms. The van der Waals surface area contributed by atoms with Crippen molar-refractivity contribution in [2.24, 2.45) is 0 Å². The Kier molecular flexibility index (Phi) is 3.91. The number of hydrogen-bond acceptors (Lipinski definition) is 4. The largest absolute Gasteiger partial charge is 0.300 e. The molecule has 0 radical (unpaired) electrons. The molecular formula is C15H21N5S. The zero-order valence-corrected chi connectivity index (χ0v) is 13.6. The van der Waals surface area contributed by atoms with E-state index in [1.54, 1.807) is 0 Å². The summed E-state index contributed by atoms with van der Waals surface area (Å²) in [6, 6.07) is 2.25. The molecule has 0 saturated heterocycles. The van der Waals surface area contributed by atoms with Crippen LogP contribution in [-0.2, 0) is 19.5 Å². The number of likely N-dealkylation sites (N-methyl/N-ethyl adjacent to an activating group) is 1. The van der Waals surface area contributed by atoms with E-state index in [0.29, 0.717) is 4.77 Å². The van der Waals surface area contributed by atoms with E-state index in [1.807, 2.05) is 4.57 Å². The quantitative estimate of drug-likeness (QED) is 0.886. The lowest BCUT2D eigenvalue weighted by Crippen LogP contribution is -2.31. The normalized spacial score (nSPS) is 15.2. The second-order valence-corrected chi connectivity index (χ2v) is 5.83. The molecule has 6 heteroatoms. The van der Waals surface area contributed by atoms with Gasteiger partial charge in [0.2, 0.25) is 0 Å². The molecule has 0 spiro atoms. The smallest absolute Gasteiger partial charge is 0.195 e. The van der Waals surface area contributed by atoms with Gasteiger partial charge in [-0.05, 0) is 44.2 Å². The number of aromatic amines is 1. The Morgan fingerprint density at radius 1 is 1.33 bits per heavy atom. The highest BCUT2D eigenvalue weighted by Gasteiger charge is 2.20. The number of fused-ring (bicyclic) bond motifs is 1. The molecule has 21 heavy (non-hydrogen) atoms. The van der Waals surface area contributed by atoms with Gasteiger partial charge >= 0.3 is 0 Å². The van der Waals surface area contributed by atoms with Crippen molar-refractivity contribution in [2.75, 3.05) is 13.1 Å². The lowest BCUT2D eigenvalue weighted by atomic mass is 10.0. The third-order valence-electron chi connectivity index (χ3n) is 4.20. The summed E-state index contributed by atoms with van der Waals surface area (Å²) in [5.74, 6) is 0.893. The molecule has 3 heterocycles. The first-order valence-corrected chi connectivity index (χ1v) is 7.92. The van der Waals surface area contributed by atoms with Crippen molar-refractivity contribution < 1.29 is 0 Å². The van der Waals surface area contributed by atoms with Crippen LogP contribution in [0.1, 0.15) is 30.8 Å². The van der Waals surface area contributed by atoms with Crippen LogP contribution in [0, 0.1) is 11.7 Å². The Hall–Kier alpha value is -1.53. The Bertz CT molecular complexity index is 715. The molecule has 5 nitrogen and oxygen atoms in total. The van der Waals surface area contributed by atoms with Crippen molar-refractivity contribution in [3.05, 3.63) is 27.8 Å². The predicted octanol–water partition coefficient (Wildman–Crippen LogP) is 2.71. The topological polar surface area (TPSA) is 49.7 Å². The van der Waals surface area contributed by atoms with Crippen molar-refractivity contribution in [1.29, 1.82) is 0 Å². The van der Waals surface area contributed by atoms with Gasteiger partial charge in [0, 0.05) is 43.0 Å². The van der Waals surface area contributed by atoms with E-state index in [1.165, 1.54) is 11.3 Å². The maximum atomic E-state index is 5.29. The number of aryl methyl sites for hydroxylation is 1. The Labute approximate surface area is 130 Å². The lowest BCUT2D eigenvalue weighted by Gasteiger charge is -2.27. The van der Waals surface area contributed by atoms with Crippen LogP contribution >= 0.6 is 12.2 Å². The molecule has 0 fully saturated rings. The van der Waals surface area contributed by atoms with E-state index in [9.17, 15) is 0 Å². The molecule has 1 aliphatic rings. The van der Waals surface area contributed by atoms with Gasteiger partial charge in [-0.1, -0.05) is 6.92 Å². The first kappa shape index (κ1) is 14.4. The summed E-state index contributed by atoms with van der Waals surface area (Å²) < 4.78 is 2.69. The summed E-state index contributed by atoms with van der Waals surface area (Å²) in [6.45, 7) is 10.3. The van der Waals surface area contributed by atoms with Gasteiger partial charge in [-0.3, -0.25) is 15.0 Å². The van der Waals surface area contributed by atoms with Gasteiger partial charge in [-0.15, -0.1) is 0 Å². The third kappa shape index (κ3) is 2.53. The molecule has 0 saturated carbocycles. The van der Waals surface area contributed by atoms with E-state index in [-0.39, 0.29) is 0 Å². The highest BCUT2D eigenvalue weighted by atomic mass is 32.1. The molecule has 0 atom stereocenters. The Morgan fingerprint density at radius 3 is 2.86 bits per heavy atom. The summed E-state index contributed by atoms with van der Waals surface area (Å²) >= 11 is 5.29. The van der Waals surface area contributed by atoms with Crippen LogP contribution in [0.25, 0.3) is 11.4 Å². The van der Waals surface area contributed by atoms with Gasteiger partial charge < -0.3 is 4.57 Å². The monoisotopic (exact) mass is 303 g/mol. The third-order valence-corrected chi connectivity index (χ3v) is 4.51. The standard InChI is InChI=1S/C15H21N5S/c1-4-19-7-6-13-11(9-19)8-12(10(3)16-13)14-17-18-15(21)20(14)5-2/h8H,4-7,9H2,1-3H3,(H,18,21). The zero-order valence-electron chi connectivity index (χ0n) is 12.8. The van der Waals surface area contributed by atoms with Gasteiger partial charge in [0.05, 0.1) is 0 Å². The number of aromatic nitrogens is 4. The summed E-state index contributed by atoms with van der Waals surface area (Å²) in [6.07, 6.45) is 1.03. The fourth-order valence-electron chi connectivity index (χ4n) is 2.95. The molecule has 0 unspecified atom stereocenters. The fourth-order valence-corrected chi connectivity index (χ4v) is 3.21. The molecule has 2 aromatic heterocycles. The van der Waals surface area contributed by atoms with Gasteiger partial charge in [-0.2, -0.15) is 5.10 Å². The average molecular weight is 303 g/mol. The van der Waals surface area contributed by atoms with E-state index in [4.69, 9.17) is 17.2 Å². The number of H-pyrrole nitrogens is 1. The summed E-state index contributed by atoms with van der Waals surface area (Å²) in [5.41, 5.74) is 4.67. The van der Waals surface area contributed by atoms with Gasteiger partial charge in [-0.25, -0.2) is 0 Å². The van der Waals surface area contributed by atoms with E-state index in [0.717, 1.165) is 49.7 Å². The van der Waals surface area contributed by atoms with Crippen molar-refractivity contribution in [1.82, 2.24) is 24.6 Å². The van der Waals surface area contributed by atoms with Crippen LogP contribution in [0.4, 0.5) is 0 Å². The average Bonchev–Trinajstić information content (AvgIpc) is 2.86. The van der Waals surface area contributed by atoms with Gasteiger partial charge in [0.15, 0.2) is 10.6 Å². The summed E-state index contributed by atoms with van der Waals surface area (Å²) in [7, 11) is 0. The molecule has 0 aromatic carbocycles. The van der Waals surface area contributed by atoms with E-state index >= 15 is 0 Å². The van der Waals surface area contributed by atoms with Crippen LogP contribution < -0.4 is 0 Å². The van der Waals surface area contributed by atoms with Crippen molar-refractivity contribution in [3.8, 4) is 11.4 Å². The fraction of sp³-hybridized carbons (Fsp3) is 0.533. The molecule has 3 rings (SSSR count). The number of nitrogens with one attached hydrogen (secondary N) is 1. The minimum atomic E-state index is 0.666. The van der Waals surface area contributed by atoms with Crippen molar-refractivity contribution in [3.63, 3.8) is 0 Å². The van der Waals surface area contributed by atoms with Crippen molar-refractivity contribution >= 4 is 12.2 Å². The number of rotatable bonds is 3. The first-order chi connectivity index (χ1) is 10.1. The maximum Gasteiger partial charge on any atom is 0.195 e. The molecule has 1 N–H and O–H groups in total. The molecule has 112 valence electrons. The number of nitrogens with zero attached hydrogens (tertiary/aromatic N) is 4. The van der Waals surface area contributed by atoms with Crippen LogP contribution in [0.5, 0.6) is 0 Å². The second kappa shape index (κ2) is 5.69. The van der Waals surface area contributed by atoms with Crippen LogP contribution in [0.2, 0.25) is 0 Å². The minimum absolute atomic E-state index is 0.666. The highest BCUT2D eigenvalue weighted by Crippen LogP contribution is 2.26. The molecule has 2 aromatic rings. The predicted molar refractivity (Wildman–Crippen MR) is 85.7 cm³/mol. The lowest BCUT2D eigenvalue weighted by molar-refractivity contribution is 0.265. The molecule has 0 aliphatic carbocycles. The number of pyridine rings is 1. The summed E-state index contributed by atoms with van der Waals surface area (Å²) in [4.78, 5) is 7.26. The van der Waals surface area contributed by atoms with E-state index < -0.39 is 0 Å². The van der Waals surface area contributed by atoms with E-state index in [2.05, 4.69) is 41.9 Å². The van der Waals surface area contributed by atoms with Gasteiger partial charge in [0.25, 0.3) is 0 Å². The summed E-state index contributed by atoms with van der Waals surface area (Å²) in [5, 5.41) is 7.29. The Balaban J connectivity index is 2.09. The SMILES string of the molecule is CCN1CCc2nc(C)c(-c3n[nH]c(=S)n3CC)cc2C1. The van der Waals surface area contributed by atoms with Crippen molar-refractivity contribution in [2.45, 2.75) is 40.3 Å². The molecular weight excluding hydrogens is 282 g/mol. The zero-order chi connectivity index (χ0) is 15.0. The van der Waals surface area contributed by atoms with Crippen LogP contribution in [-0.4, -0.2) is 37.7 Å². The Morgan fingerprint density at radius 2 is 2.14 bits per heavy atom. The highest BCUT2D eigenvalue weighted by molar-refractivity contribution is 7.71. The van der Waals surface area contributed by atoms with Crippen LogP contribution in [0.15, 0.2) is 6.07 Å². The second-order valence-electron chi connectivity index (χ2n) is 5.44. The van der Waals surface area contributed by atoms with Gasteiger partial charge in [0.1, 0.15) is 0 Å². The van der Waals surface area contributed by atoms with Crippen LogP contribution in [0.3, 0.4) is 0 Å². The maximum absolute atomic E-state index is 5.29. The molecule has 1 aliphatic heterocycles. The number of hydrogen-bond donors (Lipinski definition) is 1. The minimum Gasteiger partial charge on any atom is -0.300 e. The molecule has 0 amide bonds.